The molecular weight excluding hydrogens is 554 g/mol. The van der Waals surface area contributed by atoms with E-state index in [9.17, 15) is 9.59 Å². The van der Waals surface area contributed by atoms with Crippen molar-refractivity contribution in [3.8, 4) is 0 Å². The van der Waals surface area contributed by atoms with Gasteiger partial charge in [0.2, 0.25) is 5.91 Å². The first kappa shape index (κ1) is 30.1. The van der Waals surface area contributed by atoms with Crippen LogP contribution in [0, 0.1) is 20.8 Å². The second kappa shape index (κ2) is 13.7. The van der Waals surface area contributed by atoms with Gasteiger partial charge in [0.15, 0.2) is 5.16 Å². The normalized spacial score (nSPS) is 11.6. The highest BCUT2D eigenvalue weighted by molar-refractivity contribution is 7.99. The van der Waals surface area contributed by atoms with E-state index in [0.717, 1.165) is 28.2 Å². The van der Waals surface area contributed by atoms with E-state index in [0.29, 0.717) is 21.4 Å². The summed E-state index contributed by atoms with van der Waals surface area (Å²) in [5.41, 5.74) is 6.01. The summed E-state index contributed by atoms with van der Waals surface area (Å²) in [4.78, 5) is 40.5. The van der Waals surface area contributed by atoms with Gasteiger partial charge in [-0.1, -0.05) is 65.3 Å². The first-order valence-electron chi connectivity index (χ1n) is 13.2. The zero-order chi connectivity index (χ0) is 29.5. The van der Waals surface area contributed by atoms with E-state index in [1.807, 2.05) is 94.4 Å². The molecule has 1 aromatic heterocycles. The number of benzene rings is 3. The van der Waals surface area contributed by atoms with Gasteiger partial charge < -0.3 is 15.1 Å². The molecule has 0 aliphatic carbocycles. The fraction of sp³-hybridized carbons (Fsp3) is 0.250. The van der Waals surface area contributed by atoms with Crippen molar-refractivity contribution in [2.75, 3.05) is 30.1 Å². The molecule has 1 N–H and O–H groups in total. The molecule has 1 atom stereocenters. The summed E-state index contributed by atoms with van der Waals surface area (Å²) in [6.07, 6.45) is 0. The zero-order valence-electron chi connectivity index (χ0n) is 23.9. The maximum absolute atomic E-state index is 14.0. The Kier molecular flexibility index (Phi) is 10.0. The summed E-state index contributed by atoms with van der Waals surface area (Å²) in [5.74, 6) is -0.460. The van der Waals surface area contributed by atoms with Crippen LogP contribution in [0.3, 0.4) is 0 Å². The smallest absolute Gasteiger partial charge is 0.251 e. The molecule has 0 fully saturated rings. The molecule has 0 aliphatic rings. The van der Waals surface area contributed by atoms with E-state index in [-0.39, 0.29) is 24.1 Å². The van der Waals surface area contributed by atoms with E-state index in [1.54, 1.807) is 29.2 Å². The number of anilines is 2. The van der Waals surface area contributed by atoms with Crippen molar-refractivity contribution >= 4 is 46.6 Å². The number of amides is 2. The van der Waals surface area contributed by atoms with Crippen molar-refractivity contribution in [3.63, 3.8) is 0 Å². The number of aryl methyl sites for hydroxylation is 3. The molecular formula is C32H34ClN5O2S. The molecule has 212 valence electrons. The lowest BCUT2D eigenvalue weighted by Crippen LogP contribution is -2.41. The molecule has 2 amide bonds. The maximum atomic E-state index is 14.0. The minimum atomic E-state index is -0.907. The molecule has 9 heteroatoms. The number of nitrogens with zero attached hydrogens (tertiary/aromatic N) is 4. The second-order valence-corrected chi connectivity index (χ2v) is 11.5. The van der Waals surface area contributed by atoms with E-state index >= 15 is 0 Å². The molecule has 0 saturated carbocycles. The molecule has 0 bridgehead atoms. The summed E-state index contributed by atoms with van der Waals surface area (Å²) < 4.78 is 0. The highest BCUT2D eigenvalue weighted by Crippen LogP contribution is 2.29. The lowest BCUT2D eigenvalue weighted by atomic mass is 10.0. The van der Waals surface area contributed by atoms with Crippen LogP contribution in [-0.2, 0) is 16.1 Å². The number of carbonyl (C=O) groups is 2. The highest BCUT2D eigenvalue weighted by atomic mass is 35.5. The topological polar surface area (TPSA) is 78.4 Å². The molecule has 0 spiro atoms. The van der Waals surface area contributed by atoms with Crippen LogP contribution < -0.4 is 10.2 Å². The Labute approximate surface area is 251 Å². The summed E-state index contributed by atoms with van der Waals surface area (Å²) in [5, 5.41) is 4.10. The largest absolute Gasteiger partial charge is 0.378 e. The minimum Gasteiger partial charge on any atom is -0.378 e. The quantitative estimate of drug-likeness (QED) is 0.166. The Morgan fingerprint density at radius 2 is 1.49 bits per heavy atom. The van der Waals surface area contributed by atoms with Gasteiger partial charge in [0.25, 0.3) is 5.91 Å². The molecule has 0 radical (unpaired) electrons. The number of nitrogens with one attached hydrogen (secondary N) is 1. The first-order chi connectivity index (χ1) is 19.6. The fourth-order valence-corrected chi connectivity index (χ4v) is 5.31. The van der Waals surface area contributed by atoms with Gasteiger partial charge in [-0.3, -0.25) is 9.59 Å². The SMILES string of the molecule is Cc1ccc(CN(C(=O)CSc2nc(C)cc(C)n2)[C@H](C(=O)Nc2ccc(N(C)C)cc2)c2ccc(Cl)cc2)cc1. The van der Waals surface area contributed by atoms with Crippen LogP contribution in [0.5, 0.6) is 0 Å². The van der Waals surface area contributed by atoms with E-state index in [4.69, 9.17) is 11.6 Å². The lowest BCUT2D eigenvalue weighted by Gasteiger charge is -2.31. The number of halogens is 1. The lowest BCUT2D eigenvalue weighted by molar-refractivity contribution is -0.137. The Balaban J connectivity index is 1.69. The second-order valence-electron chi connectivity index (χ2n) is 10.1. The van der Waals surface area contributed by atoms with Crippen molar-refractivity contribution in [3.05, 3.63) is 112 Å². The summed E-state index contributed by atoms with van der Waals surface area (Å²) >= 11 is 7.46. The Bertz CT molecular complexity index is 1470. The first-order valence-corrected chi connectivity index (χ1v) is 14.6. The summed E-state index contributed by atoms with van der Waals surface area (Å²) in [6.45, 7) is 6.05. The standard InChI is InChI=1S/C32H34ClN5O2S/c1-21-6-8-24(9-7-21)19-38(29(39)20-41-32-34-22(2)18-23(3)35-32)30(25-10-12-26(33)13-11-25)31(40)36-27-14-16-28(17-15-27)37(4)5/h6-18,30H,19-20H2,1-5H3,(H,36,40)/t30-/m0/s1. The average Bonchev–Trinajstić information content (AvgIpc) is 2.93. The van der Waals surface area contributed by atoms with Crippen molar-refractivity contribution in [1.82, 2.24) is 14.9 Å². The third kappa shape index (κ3) is 8.31. The van der Waals surface area contributed by atoms with Gasteiger partial charge >= 0.3 is 0 Å². The van der Waals surface area contributed by atoms with Crippen LogP contribution in [0.2, 0.25) is 5.02 Å². The van der Waals surface area contributed by atoms with Crippen LogP contribution in [0.25, 0.3) is 0 Å². The zero-order valence-corrected chi connectivity index (χ0v) is 25.5. The van der Waals surface area contributed by atoms with Gasteiger partial charge in [-0.05, 0) is 74.4 Å². The Hall–Kier alpha value is -3.88. The van der Waals surface area contributed by atoms with Crippen LogP contribution in [0.15, 0.2) is 84.0 Å². The number of rotatable bonds is 10. The third-order valence-electron chi connectivity index (χ3n) is 6.48. The van der Waals surface area contributed by atoms with Crippen molar-refractivity contribution < 1.29 is 9.59 Å². The van der Waals surface area contributed by atoms with Crippen molar-refractivity contribution in [2.24, 2.45) is 0 Å². The molecule has 4 rings (SSSR count). The number of hydrogen-bond donors (Lipinski definition) is 1. The predicted molar refractivity (Wildman–Crippen MR) is 168 cm³/mol. The Morgan fingerprint density at radius 1 is 0.878 bits per heavy atom. The van der Waals surface area contributed by atoms with E-state index in [1.165, 1.54) is 11.8 Å². The predicted octanol–water partition coefficient (Wildman–Crippen LogP) is 6.62. The highest BCUT2D eigenvalue weighted by Gasteiger charge is 2.32. The molecule has 0 unspecified atom stereocenters. The fourth-order valence-electron chi connectivity index (χ4n) is 4.35. The molecule has 4 aromatic rings. The molecule has 1 heterocycles. The van der Waals surface area contributed by atoms with E-state index < -0.39 is 6.04 Å². The third-order valence-corrected chi connectivity index (χ3v) is 7.56. The monoisotopic (exact) mass is 587 g/mol. The van der Waals surface area contributed by atoms with Crippen molar-refractivity contribution in [2.45, 2.75) is 38.5 Å². The number of aromatic nitrogens is 2. The van der Waals surface area contributed by atoms with Gasteiger partial charge in [0.05, 0.1) is 5.75 Å². The molecule has 3 aromatic carbocycles. The number of hydrogen-bond acceptors (Lipinski definition) is 6. The minimum absolute atomic E-state index is 0.0731. The molecule has 0 saturated heterocycles. The summed E-state index contributed by atoms with van der Waals surface area (Å²) in [7, 11) is 3.92. The Morgan fingerprint density at radius 3 is 2.07 bits per heavy atom. The van der Waals surface area contributed by atoms with Gasteiger partial charge in [-0.15, -0.1) is 0 Å². The van der Waals surface area contributed by atoms with Crippen molar-refractivity contribution in [1.29, 1.82) is 0 Å². The van der Waals surface area contributed by atoms with Gasteiger partial charge in [-0.2, -0.15) is 0 Å². The van der Waals surface area contributed by atoms with Crippen LogP contribution in [-0.4, -0.2) is 46.5 Å². The van der Waals surface area contributed by atoms with Crippen LogP contribution in [0.1, 0.15) is 34.1 Å². The molecule has 7 nitrogen and oxygen atoms in total. The van der Waals surface area contributed by atoms with E-state index in [2.05, 4.69) is 15.3 Å². The molecule has 0 aliphatic heterocycles. The van der Waals surface area contributed by atoms with Gasteiger partial charge in [-0.25, -0.2) is 9.97 Å². The summed E-state index contributed by atoms with van der Waals surface area (Å²) in [6, 6.07) is 23.6. The molecule has 41 heavy (non-hydrogen) atoms. The number of carbonyl (C=O) groups excluding carboxylic acids is 2. The van der Waals surface area contributed by atoms with Gasteiger partial charge in [0, 0.05) is 48.4 Å². The average molecular weight is 588 g/mol. The van der Waals surface area contributed by atoms with Crippen LogP contribution >= 0.6 is 23.4 Å². The maximum Gasteiger partial charge on any atom is 0.251 e. The van der Waals surface area contributed by atoms with Crippen LogP contribution in [0.4, 0.5) is 11.4 Å². The number of thioether (sulfide) groups is 1. The van der Waals surface area contributed by atoms with Gasteiger partial charge in [0.1, 0.15) is 6.04 Å².